The molecule has 0 aromatic carbocycles. The molecule has 90 valence electrons. The lowest BCUT2D eigenvalue weighted by molar-refractivity contribution is 0.0775. The molecule has 1 N–H and O–H groups in total. The average Bonchev–Trinajstić information content (AvgIpc) is 3.01. The molecule has 0 radical (unpaired) electrons. The van der Waals surface area contributed by atoms with Gasteiger partial charge in [-0.15, -0.1) is 0 Å². The van der Waals surface area contributed by atoms with Gasteiger partial charge in [-0.25, -0.2) is 0 Å². The van der Waals surface area contributed by atoms with Gasteiger partial charge < -0.3 is 10.2 Å². The molecule has 1 spiro atoms. The van der Waals surface area contributed by atoms with Crippen LogP contribution in [0.25, 0.3) is 0 Å². The number of hydrogen-bond donors (Lipinski definition) is 1. The second kappa shape index (κ2) is 4.11. The van der Waals surface area contributed by atoms with Gasteiger partial charge in [0.1, 0.15) is 0 Å². The zero-order valence-corrected chi connectivity index (χ0v) is 9.85. The van der Waals surface area contributed by atoms with Gasteiger partial charge >= 0.3 is 0 Å². The Kier molecular flexibility index (Phi) is 2.59. The fraction of sp³-hybridized carbons (Fsp3) is 0.538. The first-order valence-electron chi connectivity index (χ1n) is 6.19. The number of pyridine rings is 1. The van der Waals surface area contributed by atoms with Gasteiger partial charge in [-0.3, -0.25) is 9.78 Å². The lowest BCUT2D eigenvalue weighted by Gasteiger charge is -2.22. The maximum Gasteiger partial charge on any atom is 0.253 e. The number of likely N-dealkylation sites (tertiary alicyclic amines) is 1. The van der Waals surface area contributed by atoms with E-state index in [1.54, 1.807) is 24.5 Å². The molecule has 2 aliphatic rings. The van der Waals surface area contributed by atoms with Gasteiger partial charge in [0.15, 0.2) is 0 Å². The third-order valence-electron chi connectivity index (χ3n) is 3.98. The lowest BCUT2D eigenvalue weighted by Crippen LogP contribution is -2.33. The molecule has 1 aromatic heterocycles. The van der Waals surface area contributed by atoms with Crippen LogP contribution in [0.3, 0.4) is 0 Å². The average molecular weight is 231 g/mol. The van der Waals surface area contributed by atoms with Gasteiger partial charge in [0.2, 0.25) is 0 Å². The van der Waals surface area contributed by atoms with E-state index in [-0.39, 0.29) is 5.91 Å². The van der Waals surface area contributed by atoms with Crippen molar-refractivity contribution in [3.05, 3.63) is 30.1 Å². The minimum atomic E-state index is 0.149. The van der Waals surface area contributed by atoms with Crippen molar-refractivity contribution in [3.8, 4) is 0 Å². The Morgan fingerprint density at radius 3 is 2.88 bits per heavy atom. The quantitative estimate of drug-likeness (QED) is 0.781. The highest BCUT2D eigenvalue weighted by molar-refractivity contribution is 5.94. The molecule has 0 bridgehead atoms. The van der Waals surface area contributed by atoms with E-state index in [2.05, 4.69) is 10.3 Å². The molecule has 2 saturated heterocycles. The van der Waals surface area contributed by atoms with E-state index in [4.69, 9.17) is 0 Å². The minimum absolute atomic E-state index is 0.149. The summed E-state index contributed by atoms with van der Waals surface area (Å²) in [6, 6.07) is 3.58. The number of carbonyl (C=O) groups excluding carboxylic acids is 1. The molecular weight excluding hydrogens is 214 g/mol. The molecule has 1 aromatic rings. The molecule has 1 unspecified atom stereocenters. The summed E-state index contributed by atoms with van der Waals surface area (Å²) in [4.78, 5) is 18.2. The van der Waals surface area contributed by atoms with Gasteiger partial charge in [0.25, 0.3) is 5.91 Å². The topological polar surface area (TPSA) is 45.2 Å². The number of carbonyl (C=O) groups is 1. The van der Waals surface area contributed by atoms with Crippen LogP contribution in [0, 0.1) is 5.41 Å². The molecule has 3 rings (SSSR count). The summed E-state index contributed by atoms with van der Waals surface area (Å²) >= 11 is 0. The molecular formula is C13H17N3O. The van der Waals surface area contributed by atoms with Gasteiger partial charge in [-0.2, -0.15) is 0 Å². The summed E-state index contributed by atoms with van der Waals surface area (Å²) in [6.45, 7) is 3.95. The molecule has 1 amide bonds. The van der Waals surface area contributed by atoms with Crippen molar-refractivity contribution in [1.82, 2.24) is 15.2 Å². The summed E-state index contributed by atoms with van der Waals surface area (Å²) in [5.41, 5.74) is 1.10. The van der Waals surface area contributed by atoms with Crippen LogP contribution < -0.4 is 5.32 Å². The highest BCUT2D eigenvalue weighted by Crippen LogP contribution is 2.36. The van der Waals surface area contributed by atoms with Crippen LogP contribution in [-0.4, -0.2) is 42.0 Å². The lowest BCUT2D eigenvalue weighted by atomic mass is 9.86. The zero-order valence-electron chi connectivity index (χ0n) is 9.85. The van der Waals surface area contributed by atoms with Crippen molar-refractivity contribution >= 4 is 5.91 Å². The number of nitrogens with zero attached hydrogens (tertiary/aromatic N) is 2. The number of aromatic nitrogens is 1. The summed E-state index contributed by atoms with van der Waals surface area (Å²) in [5.74, 6) is 0.149. The molecule has 0 saturated carbocycles. The summed E-state index contributed by atoms with van der Waals surface area (Å²) < 4.78 is 0. The van der Waals surface area contributed by atoms with E-state index in [0.29, 0.717) is 5.41 Å². The molecule has 3 heterocycles. The SMILES string of the molecule is O=C(c1ccncc1)N1CCC2(CCNC2)C1. The first-order chi connectivity index (χ1) is 8.29. The Bertz CT molecular complexity index is 412. The van der Waals surface area contributed by atoms with Crippen molar-refractivity contribution in [2.24, 2.45) is 5.41 Å². The molecule has 17 heavy (non-hydrogen) atoms. The molecule has 0 aliphatic carbocycles. The normalized spacial score (nSPS) is 27.9. The van der Waals surface area contributed by atoms with Crippen LogP contribution >= 0.6 is 0 Å². The van der Waals surface area contributed by atoms with Crippen LogP contribution in [0.1, 0.15) is 23.2 Å². The van der Waals surface area contributed by atoms with Crippen molar-refractivity contribution < 1.29 is 4.79 Å². The number of rotatable bonds is 1. The summed E-state index contributed by atoms with van der Waals surface area (Å²) in [5, 5.41) is 3.41. The Balaban J connectivity index is 1.73. The number of hydrogen-bond acceptors (Lipinski definition) is 3. The third kappa shape index (κ3) is 1.93. The van der Waals surface area contributed by atoms with Gasteiger partial charge in [-0.05, 0) is 31.5 Å². The number of amides is 1. The molecule has 4 heteroatoms. The highest BCUT2D eigenvalue weighted by Gasteiger charge is 2.41. The van der Waals surface area contributed by atoms with Crippen LogP contribution in [0.4, 0.5) is 0 Å². The minimum Gasteiger partial charge on any atom is -0.338 e. The Labute approximate surface area is 101 Å². The first-order valence-corrected chi connectivity index (χ1v) is 6.19. The fourth-order valence-corrected chi connectivity index (χ4v) is 2.93. The molecule has 2 fully saturated rings. The second-order valence-corrected chi connectivity index (χ2v) is 5.14. The summed E-state index contributed by atoms with van der Waals surface area (Å²) in [6.07, 6.45) is 5.69. The maximum absolute atomic E-state index is 12.3. The van der Waals surface area contributed by atoms with Gasteiger partial charge in [0, 0.05) is 43.0 Å². The first kappa shape index (κ1) is 10.7. The van der Waals surface area contributed by atoms with E-state index in [0.717, 1.165) is 38.2 Å². The zero-order chi connectivity index (χ0) is 11.7. The van der Waals surface area contributed by atoms with E-state index < -0.39 is 0 Å². The second-order valence-electron chi connectivity index (χ2n) is 5.14. The predicted octanol–water partition coefficient (Wildman–Crippen LogP) is 0.907. The Morgan fingerprint density at radius 2 is 2.18 bits per heavy atom. The smallest absolute Gasteiger partial charge is 0.253 e. The van der Waals surface area contributed by atoms with E-state index in [9.17, 15) is 4.79 Å². The summed E-state index contributed by atoms with van der Waals surface area (Å²) in [7, 11) is 0. The molecule has 1 atom stereocenters. The Morgan fingerprint density at radius 1 is 1.35 bits per heavy atom. The van der Waals surface area contributed by atoms with Gasteiger partial charge in [-0.1, -0.05) is 0 Å². The van der Waals surface area contributed by atoms with Crippen molar-refractivity contribution in [3.63, 3.8) is 0 Å². The van der Waals surface area contributed by atoms with Crippen LogP contribution in [0.15, 0.2) is 24.5 Å². The van der Waals surface area contributed by atoms with Crippen LogP contribution in [0.5, 0.6) is 0 Å². The van der Waals surface area contributed by atoms with E-state index in [1.807, 2.05) is 4.90 Å². The molecule has 2 aliphatic heterocycles. The van der Waals surface area contributed by atoms with Crippen LogP contribution in [0.2, 0.25) is 0 Å². The highest BCUT2D eigenvalue weighted by atomic mass is 16.2. The van der Waals surface area contributed by atoms with Gasteiger partial charge in [0.05, 0.1) is 0 Å². The molecule has 4 nitrogen and oxygen atoms in total. The monoisotopic (exact) mass is 231 g/mol. The fourth-order valence-electron chi connectivity index (χ4n) is 2.93. The van der Waals surface area contributed by atoms with E-state index in [1.165, 1.54) is 6.42 Å². The Hall–Kier alpha value is -1.42. The third-order valence-corrected chi connectivity index (χ3v) is 3.98. The maximum atomic E-state index is 12.3. The van der Waals surface area contributed by atoms with Crippen molar-refractivity contribution in [2.75, 3.05) is 26.2 Å². The van der Waals surface area contributed by atoms with Crippen molar-refractivity contribution in [1.29, 1.82) is 0 Å². The van der Waals surface area contributed by atoms with Crippen LogP contribution in [-0.2, 0) is 0 Å². The predicted molar refractivity (Wildman–Crippen MR) is 64.7 cm³/mol. The van der Waals surface area contributed by atoms with E-state index >= 15 is 0 Å². The largest absolute Gasteiger partial charge is 0.338 e. The standard InChI is InChI=1S/C13H17N3O/c17-12(11-1-5-14-6-2-11)16-8-4-13(10-16)3-7-15-9-13/h1-2,5-6,15H,3-4,7-10H2. The van der Waals surface area contributed by atoms with Crippen molar-refractivity contribution in [2.45, 2.75) is 12.8 Å². The number of nitrogens with one attached hydrogen (secondary N) is 1.